The third-order valence-electron chi connectivity index (χ3n) is 2.82. The van der Waals surface area contributed by atoms with E-state index in [1.165, 1.54) is 4.88 Å². The van der Waals surface area contributed by atoms with Gasteiger partial charge in [-0.15, -0.1) is 22.7 Å². The third kappa shape index (κ3) is 2.75. The Kier molecular flexibility index (Phi) is 3.46. The van der Waals surface area contributed by atoms with Crippen LogP contribution in [0.2, 0.25) is 0 Å². The molecule has 0 aliphatic rings. The van der Waals surface area contributed by atoms with Crippen LogP contribution >= 0.6 is 22.7 Å². The molecular weight excluding hydrogens is 276 g/mol. The van der Waals surface area contributed by atoms with E-state index in [1.54, 1.807) is 22.7 Å². The van der Waals surface area contributed by atoms with Crippen LogP contribution in [-0.4, -0.2) is 21.9 Å². The van der Waals surface area contributed by atoms with Gasteiger partial charge in [-0.25, -0.2) is 9.97 Å². The van der Waals surface area contributed by atoms with Gasteiger partial charge >= 0.3 is 0 Å². The molecule has 4 nitrogen and oxygen atoms in total. The Labute approximate surface area is 119 Å². The minimum Gasteiger partial charge on any atom is -0.383 e. The van der Waals surface area contributed by atoms with E-state index in [0.29, 0.717) is 12.4 Å². The van der Waals surface area contributed by atoms with Crippen LogP contribution in [0.1, 0.15) is 10.7 Å². The molecule has 0 saturated carbocycles. The fourth-order valence-corrected chi connectivity index (χ4v) is 3.54. The first-order valence-electron chi connectivity index (χ1n) is 5.93. The second-order valence-corrected chi connectivity index (χ2v) is 6.34. The number of nitrogen functional groups attached to an aromatic ring is 1. The lowest BCUT2D eigenvalue weighted by Crippen LogP contribution is -2.18. The number of aromatic nitrogens is 2. The molecule has 0 fully saturated rings. The zero-order chi connectivity index (χ0) is 13.2. The number of fused-ring (bicyclic) bond motifs is 1. The van der Waals surface area contributed by atoms with Gasteiger partial charge in [0, 0.05) is 11.4 Å². The summed E-state index contributed by atoms with van der Waals surface area (Å²) in [7, 11) is 2.07. The van der Waals surface area contributed by atoms with Gasteiger partial charge in [-0.1, -0.05) is 6.07 Å². The van der Waals surface area contributed by atoms with E-state index in [0.717, 1.165) is 22.6 Å². The van der Waals surface area contributed by atoms with Crippen molar-refractivity contribution in [2.45, 2.75) is 13.1 Å². The van der Waals surface area contributed by atoms with Gasteiger partial charge in [-0.05, 0) is 29.9 Å². The summed E-state index contributed by atoms with van der Waals surface area (Å²) in [5.74, 6) is 1.36. The molecule has 0 unspecified atom stereocenters. The SMILES string of the molecule is CN(Cc1nc(N)c2ccsc2n1)Cc1cccs1. The highest BCUT2D eigenvalue weighted by atomic mass is 32.1. The number of nitrogens with zero attached hydrogens (tertiary/aromatic N) is 3. The monoisotopic (exact) mass is 290 g/mol. The number of nitrogens with two attached hydrogens (primary N) is 1. The van der Waals surface area contributed by atoms with E-state index < -0.39 is 0 Å². The first kappa shape index (κ1) is 12.5. The lowest BCUT2D eigenvalue weighted by Gasteiger charge is -2.14. The summed E-state index contributed by atoms with van der Waals surface area (Å²) in [4.78, 5) is 13.4. The van der Waals surface area contributed by atoms with Gasteiger partial charge in [0.15, 0.2) is 0 Å². The molecule has 0 spiro atoms. The Bertz CT molecular complexity index is 675. The lowest BCUT2D eigenvalue weighted by molar-refractivity contribution is 0.314. The second-order valence-electron chi connectivity index (χ2n) is 4.42. The largest absolute Gasteiger partial charge is 0.383 e. The third-order valence-corrected chi connectivity index (χ3v) is 4.49. The Hall–Kier alpha value is -1.50. The van der Waals surface area contributed by atoms with Crippen molar-refractivity contribution in [1.82, 2.24) is 14.9 Å². The number of hydrogen-bond donors (Lipinski definition) is 1. The Balaban J connectivity index is 1.77. The average molecular weight is 290 g/mol. The van der Waals surface area contributed by atoms with Crippen LogP contribution in [0, 0.1) is 0 Å². The number of rotatable bonds is 4. The maximum absolute atomic E-state index is 5.95. The normalized spacial score (nSPS) is 11.5. The lowest BCUT2D eigenvalue weighted by atomic mass is 10.3. The molecule has 0 atom stereocenters. The van der Waals surface area contributed by atoms with Gasteiger partial charge in [0.2, 0.25) is 0 Å². The van der Waals surface area contributed by atoms with E-state index in [9.17, 15) is 0 Å². The molecule has 3 aromatic rings. The highest BCUT2D eigenvalue weighted by Gasteiger charge is 2.09. The van der Waals surface area contributed by atoms with Crippen LogP contribution < -0.4 is 5.73 Å². The quantitative estimate of drug-likeness (QED) is 0.802. The van der Waals surface area contributed by atoms with Crippen LogP contribution in [0.3, 0.4) is 0 Å². The number of hydrogen-bond acceptors (Lipinski definition) is 6. The number of thiophene rings is 2. The van der Waals surface area contributed by atoms with Crippen molar-refractivity contribution in [3.63, 3.8) is 0 Å². The summed E-state index contributed by atoms with van der Waals surface area (Å²) in [6, 6.07) is 6.17. The maximum Gasteiger partial charge on any atom is 0.146 e. The summed E-state index contributed by atoms with van der Waals surface area (Å²) < 4.78 is 0. The maximum atomic E-state index is 5.95. The highest BCUT2D eigenvalue weighted by Crippen LogP contribution is 2.23. The second kappa shape index (κ2) is 5.24. The molecular formula is C13H14N4S2. The van der Waals surface area contributed by atoms with Crippen molar-refractivity contribution in [3.8, 4) is 0 Å². The predicted molar refractivity (Wildman–Crippen MR) is 81.3 cm³/mol. The molecule has 0 radical (unpaired) electrons. The number of anilines is 1. The van der Waals surface area contributed by atoms with E-state index in [4.69, 9.17) is 5.73 Å². The first-order chi connectivity index (χ1) is 9.22. The molecule has 19 heavy (non-hydrogen) atoms. The zero-order valence-electron chi connectivity index (χ0n) is 10.5. The Morgan fingerprint density at radius 1 is 1.16 bits per heavy atom. The molecule has 0 saturated heterocycles. The molecule has 2 N–H and O–H groups in total. The summed E-state index contributed by atoms with van der Waals surface area (Å²) >= 11 is 3.36. The summed E-state index contributed by atoms with van der Waals surface area (Å²) in [6.45, 7) is 1.61. The molecule has 98 valence electrons. The van der Waals surface area contributed by atoms with E-state index in [1.807, 2.05) is 11.4 Å². The van der Waals surface area contributed by atoms with Crippen LogP contribution in [0.5, 0.6) is 0 Å². The van der Waals surface area contributed by atoms with Crippen LogP contribution in [-0.2, 0) is 13.1 Å². The standard InChI is InChI=1S/C13H14N4S2/c1-17(7-9-3-2-5-18-9)8-11-15-12(14)10-4-6-19-13(10)16-11/h2-6H,7-8H2,1H3,(H2,14,15,16). The Morgan fingerprint density at radius 3 is 2.84 bits per heavy atom. The molecule has 0 amide bonds. The average Bonchev–Trinajstić information content (AvgIpc) is 2.99. The van der Waals surface area contributed by atoms with Crippen molar-refractivity contribution >= 4 is 38.7 Å². The molecule has 0 bridgehead atoms. The summed E-state index contributed by atoms with van der Waals surface area (Å²) in [5.41, 5.74) is 5.95. The fraction of sp³-hybridized carbons (Fsp3) is 0.231. The van der Waals surface area contributed by atoms with Crippen molar-refractivity contribution in [1.29, 1.82) is 0 Å². The van der Waals surface area contributed by atoms with Crippen molar-refractivity contribution in [3.05, 3.63) is 39.7 Å². The summed E-state index contributed by atoms with van der Waals surface area (Å²) in [6.07, 6.45) is 0. The van der Waals surface area contributed by atoms with Gasteiger partial charge in [0.25, 0.3) is 0 Å². The predicted octanol–water partition coefficient (Wildman–Crippen LogP) is 2.97. The molecule has 0 aliphatic heterocycles. The van der Waals surface area contributed by atoms with E-state index in [2.05, 4.69) is 39.4 Å². The topological polar surface area (TPSA) is 55.0 Å². The van der Waals surface area contributed by atoms with Gasteiger partial charge in [-0.2, -0.15) is 0 Å². The Morgan fingerprint density at radius 2 is 2.05 bits per heavy atom. The van der Waals surface area contributed by atoms with Crippen LogP contribution in [0.4, 0.5) is 5.82 Å². The van der Waals surface area contributed by atoms with Gasteiger partial charge in [0.1, 0.15) is 16.5 Å². The minimum absolute atomic E-state index is 0.575. The molecule has 3 rings (SSSR count). The molecule has 0 aromatic carbocycles. The van der Waals surface area contributed by atoms with E-state index in [-0.39, 0.29) is 0 Å². The smallest absolute Gasteiger partial charge is 0.146 e. The van der Waals surface area contributed by atoms with Crippen molar-refractivity contribution in [2.75, 3.05) is 12.8 Å². The van der Waals surface area contributed by atoms with Gasteiger partial charge in [-0.3, -0.25) is 4.90 Å². The van der Waals surface area contributed by atoms with Crippen LogP contribution in [0.25, 0.3) is 10.2 Å². The van der Waals surface area contributed by atoms with Gasteiger partial charge in [0.05, 0.1) is 11.9 Å². The molecule has 3 heterocycles. The van der Waals surface area contributed by atoms with Crippen molar-refractivity contribution < 1.29 is 0 Å². The van der Waals surface area contributed by atoms with Crippen LogP contribution in [0.15, 0.2) is 29.0 Å². The highest BCUT2D eigenvalue weighted by molar-refractivity contribution is 7.16. The molecule has 6 heteroatoms. The minimum atomic E-state index is 0.575. The van der Waals surface area contributed by atoms with E-state index >= 15 is 0 Å². The molecule has 3 aromatic heterocycles. The van der Waals surface area contributed by atoms with Crippen molar-refractivity contribution in [2.24, 2.45) is 0 Å². The summed E-state index contributed by atoms with van der Waals surface area (Å²) in [5, 5.41) is 5.04. The molecule has 0 aliphatic carbocycles. The zero-order valence-corrected chi connectivity index (χ0v) is 12.2. The van der Waals surface area contributed by atoms with Gasteiger partial charge < -0.3 is 5.73 Å². The fourth-order valence-electron chi connectivity index (χ4n) is 1.96. The first-order valence-corrected chi connectivity index (χ1v) is 7.69.